The summed E-state index contributed by atoms with van der Waals surface area (Å²) in [7, 11) is 0. The Kier molecular flexibility index (Phi) is 2.43. The third kappa shape index (κ3) is 1.72. The molecule has 3 fully saturated rings. The van der Waals surface area contributed by atoms with Crippen molar-refractivity contribution in [3.8, 4) is 0 Å². The van der Waals surface area contributed by atoms with Gasteiger partial charge in [0.05, 0.1) is 11.8 Å². The normalized spacial score (nSPS) is 40.5. The predicted octanol–water partition coefficient (Wildman–Crippen LogP) is 2.69. The zero-order valence-corrected chi connectivity index (χ0v) is 8.13. The molecular weight excluding hydrogens is 209 g/mol. The first-order valence-corrected chi connectivity index (χ1v) is 5.21. The summed E-state index contributed by atoms with van der Waals surface area (Å²) in [6.45, 7) is 0. The van der Waals surface area contributed by atoms with E-state index in [0.717, 1.165) is 0 Å². The average Bonchev–Trinajstić information content (AvgIpc) is 2.16. The van der Waals surface area contributed by atoms with Crippen molar-refractivity contribution in [3.63, 3.8) is 0 Å². The van der Waals surface area contributed by atoms with Gasteiger partial charge in [-0.3, -0.25) is 4.79 Å². The molecule has 3 rings (SSSR count). The second-order valence-electron chi connectivity index (χ2n) is 4.61. The Morgan fingerprint density at radius 2 is 1.53 bits per heavy atom. The number of fused-ring (bicyclic) bond motifs is 3. The molecular formula is C10H13F3O2. The number of carbonyl (C=O) groups is 1. The van der Waals surface area contributed by atoms with E-state index < -0.39 is 29.9 Å². The van der Waals surface area contributed by atoms with Gasteiger partial charge in [0, 0.05) is 0 Å². The van der Waals surface area contributed by atoms with Gasteiger partial charge in [-0.25, -0.2) is 0 Å². The monoisotopic (exact) mass is 222 g/mol. The number of aliphatic carboxylic acids is 1. The predicted molar refractivity (Wildman–Crippen MR) is 46.1 cm³/mol. The Labute approximate surface area is 85.5 Å². The van der Waals surface area contributed by atoms with E-state index in [1.807, 2.05) is 0 Å². The molecule has 0 saturated heterocycles. The molecule has 0 aliphatic heterocycles. The highest BCUT2D eigenvalue weighted by molar-refractivity contribution is 5.71. The molecule has 0 heterocycles. The van der Waals surface area contributed by atoms with Crippen LogP contribution in [0.2, 0.25) is 0 Å². The summed E-state index contributed by atoms with van der Waals surface area (Å²) in [6, 6.07) is 0. The number of carboxylic acids is 1. The fourth-order valence-corrected chi connectivity index (χ4v) is 3.28. The molecule has 3 aliphatic rings. The molecule has 0 aromatic rings. The van der Waals surface area contributed by atoms with Crippen LogP contribution in [0.3, 0.4) is 0 Å². The van der Waals surface area contributed by atoms with Crippen molar-refractivity contribution >= 4 is 5.97 Å². The van der Waals surface area contributed by atoms with E-state index in [1.165, 1.54) is 0 Å². The van der Waals surface area contributed by atoms with E-state index in [9.17, 15) is 18.0 Å². The summed E-state index contributed by atoms with van der Waals surface area (Å²) >= 11 is 0. The molecule has 15 heavy (non-hydrogen) atoms. The van der Waals surface area contributed by atoms with Crippen LogP contribution in [0.5, 0.6) is 0 Å². The molecule has 2 nitrogen and oxygen atoms in total. The van der Waals surface area contributed by atoms with Crippen LogP contribution in [0, 0.1) is 23.7 Å². The fraction of sp³-hybridized carbons (Fsp3) is 0.900. The molecule has 3 saturated carbocycles. The highest BCUT2D eigenvalue weighted by Crippen LogP contribution is 2.54. The van der Waals surface area contributed by atoms with E-state index in [1.54, 1.807) is 0 Å². The smallest absolute Gasteiger partial charge is 0.392 e. The SMILES string of the molecule is O=C(O)[C@H]1C2CCC(CC2)[C@@H]1C(F)(F)F. The Hall–Kier alpha value is -0.740. The second-order valence-corrected chi connectivity index (χ2v) is 4.61. The summed E-state index contributed by atoms with van der Waals surface area (Å²) in [4.78, 5) is 10.9. The van der Waals surface area contributed by atoms with Crippen LogP contribution < -0.4 is 0 Å². The van der Waals surface area contributed by atoms with Crippen molar-refractivity contribution in [2.45, 2.75) is 31.9 Å². The van der Waals surface area contributed by atoms with Crippen molar-refractivity contribution in [3.05, 3.63) is 0 Å². The summed E-state index contributed by atoms with van der Waals surface area (Å²) in [5.41, 5.74) is 0. The maximum Gasteiger partial charge on any atom is 0.392 e. The first kappa shape index (κ1) is 10.8. The zero-order chi connectivity index (χ0) is 11.2. The third-order valence-electron chi connectivity index (χ3n) is 3.88. The van der Waals surface area contributed by atoms with E-state index in [4.69, 9.17) is 5.11 Å². The molecule has 2 atom stereocenters. The van der Waals surface area contributed by atoms with E-state index in [2.05, 4.69) is 0 Å². The van der Waals surface area contributed by atoms with Gasteiger partial charge in [-0.2, -0.15) is 13.2 Å². The molecule has 2 bridgehead atoms. The van der Waals surface area contributed by atoms with Crippen LogP contribution in [0.15, 0.2) is 0 Å². The van der Waals surface area contributed by atoms with Crippen LogP contribution in [0.1, 0.15) is 25.7 Å². The minimum absolute atomic E-state index is 0.265. The number of rotatable bonds is 1. The molecule has 0 radical (unpaired) electrons. The van der Waals surface area contributed by atoms with Gasteiger partial charge in [-0.05, 0) is 37.5 Å². The van der Waals surface area contributed by atoms with Gasteiger partial charge >= 0.3 is 12.1 Å². The second kappa shape index (κ2) is 3.39. The summed E-state index contributed by atoms with van der Waals surface area (Å²) < 4.78 is 38.2. The summed E-state index contributed by atoms with van der Waals surface area (Å²) in [5.74, 6) is -4.80. The molecule has 5 heteroatoms. The zero-order valence-electron chi connectivity index (χ0n) is 8.13. The van der Waals surface area contributed by atoms with Gasteiger partial charge in [0.1, 0.15) is 0 Å². The first-order valence-electron chi connectivity index (χ1n) is 5.21. The maximum absolute atomic E-state index is 12.7. The first-order chi connectivity index (χ1) is 6.91. The third-order valence-corrected chi connectivity index (χ3v) is 3.88. The van der Waals surface area contributed by atoms with Gasteiger partial charge in [0.2, 0.25) is 0 Å². The van der Waals surface area contributed by atoms with Gasteiger partial charge in [0.25, 0.3) is 0 Å². The molecule has 1 N–H and O–H groups in total. The molecule has 0 unspecified atom stereocenters. The Morgan fingerprint density at radius 1 is 1.07 bits per heavy atom. The number of alkyl halides is 3. The van der Waals surface area contributed by atoms with Gasteiger partial charge in [-0.1, -0.05) is 0 Å². The lowest BCUT2D eigenvalue weighted by atomic mass is 9.58. The Balaban J connectivity index is 2.29. The van der Waals surface area contributed by atoms with Crippen molar-refractivity contribution in [1.29, 1.82) is 0 Å². The van der Waals surface area contributed by atoms with Crippen LogP contribution in [-0.4, -0.2) is 17.3 Å². The Morgan fingerprint density at radius 3 is 1.87 bits per heavy atom. The van der Waals surface area contributed by atoms with Gasteiger partial charge in [-0.15, -0.1) is 0 Å². The quantitative estimate of drug-likeness (QED) is 0.740. The minimum atomic E-state index is -4.35. The number of carboxylic acid groups (broad SMARTS) is 1. The highest BCUT2D eigenvalue weighted by Gasteiger charge is 2.58. The van der Waals surface area contributed by atoms with Crippen molar-refractivity contribution in [2.75, 3.05) is 0 Å². The standard InChI is InChI=1S/C10H13F3O2/c11-10(12,13)8-6-3-1-5(2-4-6)7(8)9(14)15/h5-8H,1-4H2,(H,14,15)/t5?,6?,7-,8-/m0/s1. The minimum Gasteiger partial charge on any atom is -0.481 e. The van der Waals surface area contributed by atoms with E-state index in [-0.39, 0.29) is 5.92 Å². The number of hydrogen-bond acceptors (Lipinski definition) is 1. The van der Waals surface area contributed by atoms with Crippen LogP contribution in [0.4, 0.5) is 13.2 Å². The molecule has 0 amide bonds. The topological polar surface area (TPSA) is 37.3 Å². The lowest BCUT2D eigenvalue weighted by Gasteiger charge is -2.47. The van der Waals surface area contributed by atoms with E-state index in [0.29, 0.717) is 25.7 Å². The Bertz CT molecular complexity index is 266. The van der Waals surface area contributed by atoms with Crippen molar-refractivity contribution in [2.24, 2.45) is 23.7 Å². The average molecular weight is 222 g/mol. The van der Waals surface area contributed by atoms with Crippen LogP contribution >= 0.6 is 0 Å². The summed E-state index contributed by atoms with van der Waals surface area (Å²) in [6.07, 6.45) is -1.98. The van der Waals surface area contributed by atoms with Gasteiger partial charge < -0.3 is 5.11 Å². The molecule has 86 valence electrons. The van der Waals surface area contributed by atoms with Crippen LogP contribution in [0.25, 0.3) is 0 Å². The number of halogens is 3. The summed E-state index contributed by atoms with van der Waals surface area (Å²) in [5, 5.41) is 8.89. The molecule has 0 spiro atoms. The van der Waals surface area contributed by atoms with Crippen molar-refractivity contribution < 1.29 is 23.1 Å². The number of hydrogen-bond donors (Lipinski definition) is 1. The lowest BCUT2D eigenvalue weighted by Crippen LogP contribution is -2.50. The molecule has 0 aromatic heterocycles. The largest absolute Gasteiger partial charge is 0.481 e. The fourth-order valence-electron chi connectivity index (χ4n) is 3.28. The van der Waals surface area contributed by atoms with Crippen molar-refractivity contribution in [1.82, 2.24) is 0 Å². The van der Waals surface area contributed by atoms with Crippen LogP contribution in [-0.2, 0) is 4.79 Å². The maximum atomic E-state index is 12.7. The van der Waals surface area contributed by atoms with E-state index >= 15 is 0 Å². The lowest BCUT2D eigenvalue weighted by molar-refractivity contribution is -0.233. The van der Waals surface area contributed by atoms with Gasteiger partial charge in [0.15, 0.2) is 0 Å². The molecule has 3 aliphatic carbocycles. The molecule has 0 aromatic carbocycles. The highest BCUT2D eigenvalue weighted by atomic mass is 19.4.